The number of aliphatic hydroxyl groups is 1. The van der Waals surface area contributed by atoms with E-state index in [2.05, 4.69) is 0 Å². The molecule has 1 rings (SSSR count). The summed E-state index contributed by atoms with van der Waals surface area (Å²) in [4.78, 5) is 0. The lowest BCUT2D eigenvalue weighted by atomic mass is 10.6. The Labute approximate surface area is 59.7 Å². The molecule has 0 aromatic heterocycles. The maximum absolute atomic E-state index is 8.75. The van der Waals surface area contributed by atoms with Gasteiger partial charge >= 0.3 is 0 Å². The molecule has 0 aromatic carbocycles. The van der Waals surface area contributed by atoms with Crippen molar-refractivity contribution < 1.29 is 19.3 Å². The van der Waals surface area contributed by atoms with E-state index in [1.165, 1.54) is 6.92 Å². The molecule has 10 heavy (non-hydrogen) atoms. The zero-order chi connectivity index (χ0) is 7.40. The normalized spacial score (nSPS) is 30.0. The number of ether oxygens (including phenoxy) is 3. The monoisotopic (exact) mass is 148 g/mol. The Morgan fingerprint density at radius 1 is 1.60 bits per heavy atom. The molecule has 0 amide bonds. The van der Waals surface area contributed by atoms with Crippen LogP contribution in [0, 0.1) is 0 Å². The molecule has 4 heteroatoms. The van der Waals surface area contributed by atoms with Gasteiger partial charge in [0.15, 0.2) is 12.6 Å². The molecule has 1 N–H and O–H groups in total. The molecule has 0 saturated carbocycles. The van der Waals surface area contributed by atoms with Gasteiger partial charge < -0.3 is 19.3 Å². The SMILES string of the molecule is CC(O)OC1COCCO1. The Hall–Kier alpha value is -0.160. The lowest BCUT2D eigenvalue weighted by molar-refractivity contribution is -0.263. The first-order chi connectivity index (χ1) is 4.79. The fourth-order valence-electron chi connectivity index (χ4n) is 0.764. The van der Waals surface area contributed by atoms with Crippen molar-refractivity contribution in [3.8, 4) is 0 Å². The molecule has 4 nitrogen and oxygen atoms in total. The predicted octanol–water partition coefficient (Wildman–Crippen LogP) is -0.286. The highest BCUT2D eigenvalue weighted by Crippen LogP contribution is 2.03. The molecule has 1 aliphatic rings. The second kappa shape index (κ2) is 3.88. The topological polar surface area (TPSA) is 47.9 Å². The molecule has 1 fully saturated rings. The third kappa shape index (κ3) is 2.62. The van der Waals surface area contributed by atoms with Crippen LogP contribution in [0.25, 0.3) is 0 Å². The first kappa shape index (κ1) is 7.94. The van der Waals surface area contributed by atoms with E-state index < -0.39 is 12.6 Å². The van der Waals surface area contributed by atoms with Crippen molar-refractivity contribution in [1.29, 1.82) is 0 Å². The van der Waals surface area contributed by atoms with Gasteiger partial charge in [0.1, 0.15) is 0 Å². The number of aliphatic hydroxyl groups excluding tert-OH is 1. The fraction of sp³-hybridized carbons (Fsp3) is 1.00. The van der Waals surface area contributed by atoms with Crippen LogP contribution in [0.1, 0.15) is 6.92 Å². The molecule has 0 bridgehead atoms. The summed E-state index contributed by atoms with van der Waals surface area (Å²) in [5, 5.41) is 8.75. The zero-order valence-electron chi connectivity index (χ0n) is 5.95. The largest absolute Gasteiger partial charge is 0.374 e. The number of hydrogen-bond donors (Lipinski definition) is 1. The summed E-state index contributed by atoms with van der Waals surface area (Å²) in [5.41, 5.74) is 0. The van der Waals surface area contributed by atoms with Gasteiger partial charge in [0.25, 0.3) is 0 Å². The molecular formula is C6H12O4. The Kier molecular flexibility index (Phi) is 3.08. The molecular weight excluding hydrogens is 136 g/mol. The summed E-state index contributed by atoms with van der Waals surface area (Å²) in [7, 11) is 0. The fourth-order valence-corrected chi connectivity index (χ4v) is 0.764. The average molecular weight is 148 g/mol. The molecule has 2 atom stereocenters. The van der Waals surface area contributed by atoms with Crippen LogP contribution in [0.4, 0.5) is 0 Å². The summed E-state index contributed by atoms with van der Waals surface area (Å²) in [6, 6.07) is 0. The van der Waals surface area contributed by atoms with Gasteiger partial charge in [-0.3, -0.25) is 0 Å². The standard InChI is InChI=1S/C6H12O4/c1-5(7)10-6-4-8-2-3-9-6/h5-7H,2-4H2,1H3. The Bertz CT molecular complexity index is 87.7. The van der Waals surface area contributed by atoms with E-state index in [1.54, 1.807) is 0 Å². The first-order valence-corrected chi connectivity index (χ1v) is 3.32. The van der Waals surface area contributed by atoms with Gasteiger partial charge in [0, 0.05) is 0 Å². The molecule has 0 aromatic rings. The highest BCUT2D eigenvalue weighted by atomic mass is 16.7. The maximum Gasteiger partial charge on any atom is 0.183 e. The van der Waals surface area contributed by atoms with Crippen molar-refractivity contribution in [2.45, 2.75) is 19.5 Å². The van der Waals surface area contributed by atoms with Crippen LogP contribution >= 0.6 is 0 Å². The molecule has 1 aliphatic heterocycles. The van der Waals surface area contributed by atoms with Gasteiger partial charge in [-0.15, -0.1) is 0 Å². The smallest absolute Gasteiger partial charge is 0.183 e. The van der Waals surface area contributed by atoms with Crippen molar-refractivity contribution in [3.05, 3.63) is 0 Å². The van der Waals surface area contributed by atoms with E-state index in [9.17, 15) is 0 Å². The average Bonchev–Trinajstić information content (AvgIpc) is 1.88. The molecule has 2 unspecified atom stereocenters. The van der Waals surface area contributed by atoms with E-state index in [-0.39, 0.29) is 0 Å². The van der Waals surface area contributed by atoms with Crippen LogP contribution in [-0.4, -0.2) is 37.5 Å². The molecule has 1 heterocycles. The molecule has 0 radical (unpaired) electrons. The van der Waals surface area contributed by atoms with Crippen LogP contribution in [0.15, 0.2) is 0 Å². The third-order valence-electron chi connectivity index (χ3n) is 1.13. The summed E-state index contributed by atoms with van der Waals surface area (Å²) < 4.78 is 15.0. The van der Waals surface area contributed by atoms with Crippen molar-refractivity contribution >= 4 is 0 Å². The second-order valence-electron chi connectivity index (χ2n) is 2.11. The minimum absolute atomic E-state index is 0.395. The van der Waals surface area contributed by atoms with E-state index in [0.717, 1.165) is 0 Å². The summed E-state index contributed by atoms with van der Waals surface area (Å²) in [6.45, 7) is 3.10. The van der Waals surface area contributed by atoms with Crippen LogP contribution in [0.2, 0.25) is 0 Å². The lowest BCUT2D eigenvalue weighted by Crippen LogP contribution is -2.33. The minimum Gasteiger partial charge on any atom is -0.374 e. The van der Waals surface area contributed by atoms with Crippen LogP contribution in [-0.2, 0) is 14.2 Å². The van der Waals surface area contributed by atoms with Crippen LogP contribution in [0.3, 0.4) is 0 Å². The minimum atomic E-state index is -0.785. The highest BCUT2D eigenvalue weighted by Gasteiger charge is 2.15. The van der Waals surface area contributed by atoms with Crippen molar-refractivity contribution in [2.24, 2.45) is 0 Å². The van der Waals surface area contributed by atoms with E-state index >= 15 is 0 Å². The molecule has 0 spiro atoms. The highest BCUT2D eigenvalue weighted by molar-refractivity contribution is 4.48. The van der Waals surface area contributed by atoms with Gasteiger partial charge in [0.2, 0.25) is 0 Å². The van der Waals surface area contributed by atoms with Gasteiger partial charge in [-0.1, -0.05) is 0 Å². The number of rotatable bonds is 2. The van der Waals surface area contributed by atoms with Crippen LogP contribution in [0.5, 0.6) is 0 Å². The van der Waals surface area contributed by atoms with Gasteiger partial charge in [0.05, 0.1) is 19.8 Å². The van der Waals surface area contributed by atoms with Crippen LogP contribution < -0.4 is 0 Å². The summed E-state index contributed by atoms with van der Waals surface area (Å²) in [6.07, 6.45) is -1.18. The van der Waals surface area contributed by atoms with Crippen molar-refractivity contribution in [1.82, 2.24) is 0 Å². The molecule has 0 aliphatic carbocycles. The second-order valence-corrected chi connectivity index (χ2v) is 2.11. The zero-order valence-corrected chi connectivity index (χ0v) is 5.95. The van der Waals surface area contributed by atoms with E-state index in [0.29, 0.717) is 19.8 Å². The Morgan fingerprint density at radius 3 is 2.90 bits per heavy atom. The summed E-state index contributed by atoms with van der Waals surface area (Å²) >= 11 is 0. The quantitative estimate of drug-likeness (QED) is 0.547. The summed E-state index contributed by atoms with van der Waals surface area (Å²) in [5.74, 6) is 0. The number of hydrogen-bond acceptors (Lipinski definition) is 4. The predicted molar refractivity (Wildman–Crippen MR) is 33.3 cm³/mol. The lowest BCUT2D eigenvalue weighted by Gasteiger charge is -2.23. The van der Waals surface area contributed by atoms with Gasteiger partial charge in [-0.05, 0) is 6.92 Å². The first-order valence-electron chi connectivity index (χ1n) is 3.32. The van der Waals surface area contributed by atoms with Crippen molar-refractivity contribution in [2.75, 3.05) is 19.8 Å². The molecule has 1 saturated heterocycles. The van der Waals surface area contributed by atoms with Gasteiger partial charge in [-0.2, -0.15) is 0 Å². The van der Waals surface area contributed by atoms with Gasteiger partial charge in [-0.25, -0.2) is 0 Å². The van der Waals surface area contributed by atoms with E-state index in [1.807, 2.05) is 0 Å². The molecule has 60 valence electrons. The third-order valence-corrected chi connectivity index (χ3v) is 1.13. The van der Waals surface area contributed by atoms with Crippen molar-refractivity contribution in [3.63, 3.8) is 0 Å². The Morgan fingerprint density at radius 2 is 2.40 bits per heavy atom. The maximum atomic E-state index is 8.75. The van der Waals surface area contributed by atoms with E-state index in [4.69, 9.17) is 19.3 Å². The Balaban J connectivity index is 2.13.